The van der Waals surface area contributed by atoms with Crippen LogP contribution < -0.4 is 0 Å². The van der Waals surface area contributed by atoms with E-state index in [1.54, 1.807) is 0 Å². The highest BCUT2D eigenvalue weighted by molar-refractivity contribution is 6.02. The number of hydrogen-bond acceptors (Lipinski definition) is 3. The number of nitrogens with zero attached hydrogens (tertiary/aromatic N) is 1. The second kappa shape index (κ2) is 6.68. The molecule has 2 heterocycles. The second-order valence-electron chi connectivity index (χ2n) is 7.58. The lowest BCUT2D eigenvalue weighted by Crippen LogP contribution is -2.40. The predicted octanol–water partition coefficient (Wildman–Crippen LogP) is 4.00. The van der Waals surface area contributed by atoms with Gasteiger partial charge in [-0.2, -0.15) is 0 Å². The van der Waals surface area contributed by atoms with Crippen molar-refractivity contribution in [2.75, 3.05) is 6.54 Å². The van der Waals surface area contributed by atoms with Crippen LogP contribution in [0.2, 0.25) is 0 Å². The number of imide groups is 1. The van der Waals surface area contributed by atoms with Crippen molar-refractivity contribution >= 4 is 11.8 Å². The maximum absolute atomic E-state index is 12.5. The molecular weight excluding hydrogens is 362 g/mol. The topological polar surface area (TPSA) is 49.9 Å². The lowest BCUT2D eigenvalue weighted by atomic mass is 9.77. The van der Waals surface area contributed by atoms with E-state index < -0.39 is 11.2 Å². The fourth-order valence-corrected chi connectivity index (χ4v) is 4.56. The first-order valence-electron chi connectivity index (χ1n) is 9.87. The van der Waals surface area contributed by atoms with Crippen LogP contribution in [0.4, 0.5) is 0 Å². The average molecular weight is 383 g/mol. The third kappa shape index (κ3) is 2.64. The summed E-state index contributed by atoms with van der Waals surface area (Å²) in [6, 6.07) is 30.0. The van der Waals surface area contributed by atoms with Gasteiger partial charge in [0.25, 0.3) is 0 Å². The SMILES string of the molecule is O=C1CCC(=O)N1CC1(c2ccccc2)OC1(c1ccccc1)c1ccccc1. The summed E-state index contributed by atoms with van der Waals surface area (Å²) in [4.78, 5) is 26.3. The fourth-order valence-electron chi connectivity index (χ4n) is 4.56. The number of benzene rings is 3. The van der Waals surface area contributed by atoms with Crippen LogP contribution in [-0.2, 0) is 25.5 Å². The Morgan fingerprint density at radius 1 is 0.655 bits per heavy atom. The van der Waals surface area contributed by atoms with Crippen molar-refractivity contribution in [3.8, 4) is 0 Å². The van der Waals surface area contributed by atoms with Crippen LogP contribution >= 0.6 is 0 Å². The normalized spacial score (nSPS) is 22.7. The summed E-state index contributed by atoms with van der Waals surface area (Å²) in [5.74, 6) is -0.258. The number of rotatable bonds is 5. The molecule has 4 heteroatoms. The minimum atomic E-state index is -0.827. The Balaban J connectivity index is 1.71. The van der Waals surface area contributed by atoms with Crippen molar-refractivity contribution in [2.45, 2.75) is 24.0 Å². The molecule has 3 aromatic carbocycles. The molecule has 2 amide bonds. The Morgan fingerprint density at radius 3 is 1.52 bits per heavy atom. The third-order valence-electron chi connectivity index (χ3n) is 5.99. The number of hydrogen-bond donors (Lipinski definition) is 0. The van der Waals surface area contributed by atoms with Gasteiger partial charge in [-0.25, -0.2) is 0 Å². The van der Waals surface area contributed by atoms with Crippen LogP contribution in [0.5, 0.6) is 0 Å². The Kier molecular flexibility index (Phi) is 4.10. The van der Waals surface area contributed by atoms with Crippen LogP contribution in [0.3, 0.4) is 0 Å². The quantitative estimate of drug-likeness (QED) is 0.494. The van der Waals surface area contributed by atoms with Gasteiger partial charge in [0.2, 0.25) is 11.8 Å². The van der Waals surface area contributed by atoms with Gasteiger partial charge in [-0.05, 0) is 16.7 Å². The lowest BCUT2D eigenvalue weighted by molar-refractivity contribution is -0.139. The summed E-state index contributed by atoms with van der Waals surface area (Å²) < 4.78 is 6.66. The first kappa shape index (κ1) is 17.8. The van der Waals surface area contributed by atoms with Crippen LogP contribution in [0.15, 0.2) is 91.0 Å². The van der Waals surface area contributed by atoms with E-state index in [1.165, 1.54) is 4.90 Å². The molecule has 29 heavy (non-hydrogen) atoms. The molecule has 5 rings (SSSR count). The molecule has 2 saturated heterocycles. The molecule has 0 bridgehead atoms. The average Bonchev–Trinajstić information content (AvgIpc) is 3.38. The van der Waals surface area contributed by atoms with E-state index >= 15 is 0 Å². The van der Waals surface area contributed by atoms with Gasteiger partial charge >= 0.3 is 0 Å². The molecular formula is C25H21NO3. The van der Waals surface area contributed by atoms with Gasteiger partial charge in [-0.3, -0.25) is 14.5 Å². The van der Waals surface area contributed by atoms with E-state index in [0.717, 1.165) is 16.7 Å². The number of amides is 2. The molecule has 2 fully saturated rings. The van der Waals surface area contributed by atoms with Crippen LogP contribution in [0.1, 0.15) is 29.5 Å². The lowest BCUT2D eigenvalue weighted by Gasteiger charge is -2.25. The first-order chi connectivity index (χ1) is 14.2. The smallest absolute Gasteiger partial charge is 0.229 e. The van der Waals surface area contributed by atoms with E-state index in [0.29, 0.717) is 0 Å². The van der Waals surface area contributed by atoms with E-state index in [2.05, 4.69) is 0 Å². The van der Waals surface area contributed by atoms with Gasteiger partial charge in [0, 0.05) is 12.8 Å². The molecule has 0 saturated carbocycles. The van der Waals surface area contributed by atoms with Gasteiger partial charge in [-0.15, -0.1) is 0 Å². The summed E-state index contributed by atoms with van der Waals surface area (Å²) in [6.45, 7) is 0.207. The zero-order chi connectivity index (χ0) is 19.9. The monoisotopic (exact) mass is 383 g/mol. The summed E-state index contributed by atoms with van der Waals surface area (Å²) in [7, 11) is 0. The molecule has 0 spiro atoms. The molecule has 144 valence electrons. The minimum Gasteiger partial charge on any atom is -0.345 e. The van der Waals surface area contributed by atoms with Crippen LogP contribution in [0, 0.1) is 0 Å². The number of ether oxygens (including phenoxy) is 1. The van der Waals surface area contributed by atoms with Crippen molar-refractivity contribution in [1.29, 1.82) is 0 Å². The summed E-state index contributed by atoms with van der Waals surface area (Å²) in [5.41, 5.74) is 1.38. The van der Waals surface area contributed by atoms with Gasteiger partial charge in [0.15, 0.2) is 11.2 Å². The van der Waals surface area contributed by atoms with E-state index in [-0.39, 0.29) is 31.2 Å². The Bertz CT molecular complexity index is 994. The molecule has 4 nitrogen and oxygen atoms in total. The summed E-state index contributed by atoms with van der Waals surface area (Å²) in [6.07, 6.45) is 0.542. The Hall–Kier alpha value is -3.24. The van der Waals surface area contributed by atoms with Crippen molar-refractivity contribution in [3.63, 3.8) is 0 Å². The van der Waals surface area contributed by atoms with Crippen LogP contribution in [0.25, 0.3) is 0 Å². The molecule has 0 radical (unpaired) electrons. The minimum absolute atomic E-state index is 0.129. The molecule has 1 unspecified atom stereocenters. The van der Waals surface area contributed by atoms with E-state index in [9.17, 15) is 9.59 Å². The number of likely N-dealkylation sites (tertiary alicyclic amines) is 1. The molecule has 3 aromatic rings. The number of carbonyl (C=O) groups excluding carboxylic acids is 2. The molecule has 2 aliphatic heterocycles. The van der Waals surface area contributed by atoms with Gasteiger partial charge in [0.1, 0.15) is 0 Å². The third-order valence-corrected chi connectivity index (χ3v) is 5.99. The molecule has 0 N–H and O–H groups in total. The van der Waals surface area contributed by atoms with Gasteiger partial charge in [0.05, 0.1) is 6.54 Å². The van der Waals surface area contributed by atoms with Gasteiger partial charge < -0.3 is 4.74 Å². The van der Waals surface area contributed by atoms with Gasteiger partial charge in [-0.1, -0.05) is 91.0 Å². The summed E-state index contributed by atoms with van der Waals surface area (Å²) >= 11 is 0. The molecule has 0 aliphatic carbocycles. The Labute approximate surface area is 169 Å². The zero-order valence-electron chi connectivity index (χ0n) is 16.0. The predicted molar refractivity (Wildman–Crippen MR) is 109 cm³/mol. The highest BCUT2D eigenvalue weighted by Gasteiger charge is 2.73. The highest BCUT2D eigenvalue weighted by Crippen LogP contribution is 2.66. The molecule has 1 atom stereocenters. The van der Waals surface area contributed by atoms with E-state index in [4.69, 9.17) is 4.74 Å². The van der Waals surface area contributed by atoms with Crippen molar-refractivity contribution in [2.24, 2.45) is 0 Å². The molecule has 0 aromatic heterocycles. The fraction of sp³-hybridized carbons (Fsp3) is 0.200. The number of carbonyl (C=O) groups is 2. The second-order valence-corrected chi connectivity index (χ2v) is 7.58. The van der Waals surface area contributed by atoms with Crippen LogP contribution in [-0.4, -0.2) is 23.3 Å². The largest absolute Gasteiger partial charge is 0.345 e. The summed E-state index contributed by atoms with van der Waals surface area (Å²) in [5, 5.41) is 0. The van der Waals surface area contributed by atoms with Crippen molar-refractivity contribution < 1.29 is 14.3 Å². The molecule has 2 aliphatic rings. The zero-order valence-corrected chi connectivity index (χ0v) is 16.0. The number of epoxide rings is 1. The highest BCUT2D eigenvalue weighted by atomic mass is 16.6. The Morgan fingerprint density at radius 2 is 1.07 bits per heavy atom. The standard InChI is InChI=1S/C25H21NO3/c27-22-16-17-23(28)26(22)18-24(19-10-4-1-5-11-19)25(29-24,20-12-6-2-7-13-20)21-14-8-3-9-15-21/h1-15H,16-18H2. The van der Waals surface area contributed by atoms with Crippen molar-refractivity contribution in [1.82, 2.24) is 4.90 Å². The van der Waals surface area contributed by atoms with E-state index in [1.807, 2.05) is 91.0 Å². The maximum Gasteiger partial charge on any atom is 0.229 e. The maximum atomic E-state index is 12.5. The van der Waals surface area contributed by atoms with Crippen molar-refractivity contribution in [3.05, 3.63) is 108 Å². The first-order valence-corrected chi connectivity index (χ1v) is 9.87.